The van der Waals surface area contributed by atoms with Crippen LogP contribution < -0.4 is 10.6 Å². The molecule has 10 nitrogen and oxygen atoms in total. The van der Waals surface area contributed by atoms with E-state index in [1.807, 2.05) is 76.5 Å². The maximum atomic E-state index is 14.3. The topological polar surface area (TPSA) is 117 Å². The van der Waals surface area contributed by atoms with Crippen molar-refractivity contribution in [2.24, 2.45) is 5.92 Å². The number of benzene rings is 2. The lowest BCUT2D eigenvalue weighted by molar-refractivity contribution is -0.142. The van der Waals surface area contributed by atoms with Gasteiger partial charge in [-0.05, 0) is 99.3 Å². The van der Waals surface area contributed by atoms with Crippen LogP contribution in [0.3, 0.4) is 0 Å². The van der Waals surface area contributed by atoms with Crippen molar-refractivity contribution in [3.63, 3.8) is 0 Å². The number of carbonyl (C=O) groups is 4. The number of thioether (sulfide) groups is 2. The van der Waals surface area contributed by atoms with Crippen molar-refractivity contribution in [1.29, 1.82) is 0 Å². The largest absolute Gasteiger partial charge is 0.383 e. The summed E-state index contributed by atoms with van der Waals surface area (Å²) in [5, 5.41) is 6.50. The van der Waals surface area contributed by atoms with Gasteiger partial charge in [-0.3, -0.25) is 19.2 Å². The molecule has 0 spiro atoms. The van der Waals surface area contributed by atoms with E-state index in [-0.39, 0.29) is 46.5 Å². The van der Waals surface area contributed by atoms with Crippen LogP contribution >= 0.6 is 23.5 Å². The van der Waals surface area contributed by atoms with Crippen molar-refractivity contribution in [3.05, 3.63) is 77.4 Å². The lowest BCUT2D eigenvalue weighted by atomic mass is 9.90. The summed E-state index contributed by atoms with van der Waals surface area (Å²) in [6.07, 6.45) is 9.95. The number of carbonyl (C=O) groups excluding carboxylic acids is 4. The molecule has 0 aliphatic carbocycles. The van der Waals surface area contributed by atoms with Gasteiger partial charge in [0.15, 0.2) is 0 Å². The van der Waals surface area contributed by atoms with Crippen LogP contribution in [0.4, 0.5) is 0 Å². The Morgan fingerprint density at radius 1 is 0.759 bits per heavy atom. The highest BCUT2D eigenvalue weighted by Gasteiger charge is 2.42. The molecule has 0 radical (unpaired) electrons. The molecule has 0 bridgehead atoms. The lowest BCUT2D eigenvalue weighted by Gasteiger charge is -2.41. The highest BCUT2D eigenvalue weighted by molar-refractivity contribution is 8.00. The molecule has 4 aliphatic heterocycles. The van der Waals surface area contributed by atoms with Crippen molar-refractivity contribution < 1.29 is 28.7 Å². The molecule has 4 heterocycles. The molecule has 4 amide bonds. The second kappa shape index (κ2) is 20.0. The quantitative estimate of drug-likeness (QED) is 0.237. The zero-order valence-electron chi connectivity index (χ0n) is 31.7. The van der Waals surface area contributed by atoms with Gasteiger partial charge >= 0.3 is 0 Å². The van der Waals surface area contributed by atoms with Gasteiger partial charge in [0.25, 0.3) is 0 Å². The molecular weight excluding hydrogens is 721 g/mol. The first kappa shape index (κ1) is 40.3. The van der Waals surface area contributed by atoms with Crippen LogP contribution in [0.15, 0.2) is 66.2 Å². The van der Waals surface area contributed by atoms with E-state index in [9.17, 15) is 19.2 Å². The molecule has 2 aromatic carbocycles. The van der Waals surface area contributed by atoms with Crippen LogP contribution in [0.5, 0.6) is 0 Å². The fourth-order valence-corrected chi connectivity index (χ4v) is 11.2. The number of hydrogen-bond donors (Lipinski definition) is 2. The summed E-state index contributed by atoms with van der Waals surface area (Å²) in [4.78, 5) is 60.6. The average Bonchev–Trinajstić information content (AvgIpc) is 3.44. The van der Waals surface area contributed by atoms with Gasteiger partial charge in [-0.25, -0.2) is 0 Å². The number of piperidine rings is 2. The highest BCUT2D eigenvalue weighted by atomic mass is 32.2. The van der Waals surface area contributed by atoms with Crippen LogP contribution in [0, 0.1) is 5.92 Å². The van der Waals surface area contributed by atoms with Crippen molar-refractivity contribution in [3.8, 4) is 0 Å². The van der Waals surface area contributed by atoms with E-state index in [4.69, 9.17) is 9.47 Å². The smallest absolute Gasteiger partial charge is 0.247 e. The van der Waals surface area contributed by atoms with Crippen LogP contribution in [0.1, 0.15) is 75.3 Å². The molecule has 2 N–H and O–H groups in total. The van der Waals surface area contributed by atoms with Gasteiger partial charge in [0.05, 0.1) is 36.0 Å². The summed E-state index contributed by atoms with van der Waals surface area (Å²) < 4.78 is 11.0. The molecule has 0 unspecified atom stereocenters. The van der Waals surface area contributed by atoms with Gasteiger partial charge in [-0.1, -0.05) is 60.7 Å². The predicted octanol–water partition coefficient (Wildman–Crippen LogP) is 5.66. The highest BCUT2D eigenvalue weighted by Crippen LogP contribution is 2.36. The van der Waals surface area contributed by atoms with Gasteiger partial charge in [0.2, 0.25) is 23.6 Å². The third-order valence-corrected chi connectivity index (χ3v) is 13.8. The Bertz CT molecular complexity index is 1590. The number of amides is 4. The monoisotopic (exact) mass is 776 g/mol. The van der Waals surface area contributed by atoms with E-state index in [0.717, 1.165) is 61.2 Å². The lowest BCUT2D eigenvalue weighted by Crippen LogP contribution is -2.56. The Hall–Kier alpha value is -3.32. The molecule has 6 rings (SSSR count). The molecule has 4 aliphatic rings. The van der Waals surface area contributed by atoms with E-state index in [1.54, 1.807) is 37.7 Å². The predicted molar refractivity (Wildman–Crippen MR) is 216 cm³/mol. The van der Waals surface area contributed by atoms with Crippen LogP contribution in [-0.2, 0) is 35.1 Å². The summed E-state index contributed by atoms with van der Waals surface area (Å²) in [7, 11) is 3.34. The second-order valence-corrected chi connectivity index (χ2v) is 17.5. The van der Waals surface area contributed by atoms with Crippen LogP contribution in [0.2, 0.25) is 0 Å². The van der Waals surface area contributed by atoms with Crippen LogP contribution in [-0.4, -0.2) is 107 Å². The first-order valence-electron chi connectivity index (χ1n) is 19.6. The number of nitrogens with one attached hydrogen (secondary N) is 2. The number of ether oxygens (including phenoxy) is 2. The Balaban J connectivity index is 1.20. The molecule has 292 valence electrons. The van der Waals surface area contributed by atoms with E-state index in [2.05, 4.69) is 10.6 Å². The zero-order chi connectivity index (χ0) is 37.9. The van der Waals surface area contributed by atoms with Crippen molar-refractivity contribution >= 4 is 53.2 Å². The molecule has 7 atom stereocenters. The van der Waals surface area contributed by atoms with Crippen LogP contribution in [0.25, 0.3) is 6.08 Å². The van der Waals surface area contributed by atoms with E-state index in [1.165, 1.54) is 0 Å². The third kappa shape index (κ3) is 10.3. The van der Waals surface area contributed by atoms with Gasteiger partial charge in [-0.2, -0.15) is 0 Å². The molecule has 54 heavy (non-hydrogen) atoms. The number of rotatable bonds is 14. The molecule has 2 aromatic rings. The van der Waals surface area contributed by atoms with Gasteiger partial charge in [0.1, 0.15) is 12.1 Å². The van der Waals surface area contributed by atoms with E-state index < -0.39 is 18.0 Å². The third-order valence-electron chi connectivity index (χ3n) is 11.2. The zero-order valence-corrected chi connectivity index (χ0v) is 33.3. The molecular formula is C42H56N4O6S2. The minimum atomic E-state index is -0.644. The normalized spacial score (nSPS) is 26.9. The molecule has 0 aromatic heterocycles. The minimum Gasteiger partial charge on any atom is -0.383 e. The van der Waals surface area contributed by atoms with Crippen molar-refractivity contribution in [1.82, 2.24) is 20.4 Å². The average molecular weight is 777 g/mol. The fourth-order valence-electron chi connectivity index (χ4n) is 8.38. The van der Waals surface area contributed by atoms with Gasteiger partial charge in [0, 0.05) is 25.7 Å². The van der Waals surface area contributed by atoms with Crippen molar-refractivity contribution in [2.75, 3.05) is 38.9 Å². The summed E-state index contributed by atoms with van der Waals surface area (Å²) in [5.41, 5.74) is 2.40. The molecule has 0 saturated carbocycles. The first-order chi connectivity index (χ1) is 26.4. The van der Waals surface area contributed by atoms with E-state index in [0.29, 0.717) is 50.9 Å². The molecule has 4 fully saturated rings. The minimum absolute atomic E-state index is 0.00108. The SMILES string of the molecule is COC[C@@H]1CCC[C@@H]2SCC[C@H](NC(=O)/C(=C/c3ccccc3)CC[C@H](Cc3ccccc3)C(=O)N[C@H]3CCS[C@H]4CCC[C@@H](COC)N4C3=O)C(=O)N12. The standard InChI is InChI=1S/C42H56N4O6S2/c1-51-27-33-15-9-17-37-45(33)41(49)35(21-23-53-37)43-39(47)31(25-29-11-5-3-6-12-29)19-20-32(26-30-13-7-4-8-14-30)40(48)44-36-22-24-54-38-18-10-16-34(28-52-2)46(38)42(36)50/h3-8,11-14,25,32-38H,9-10,15-24,26-28H2,1-2H3,(H,43,47)(H,44,48)/b31-25+/t32-,33+,34+,35+,36+,37+,38+/m1/s1. The molecule has 4 saturated heterocycles. The second-order valence-electron chi connectivity index (χ2n) is 14.9. The maximum Gasteiger partial charge on any atom is 0.247 e. The summed E-state index contributed by atoms with van der Waals surface area (Å²) in [6, 6.07) is 18.3. The van der Waals surface area contributed by atoms with E-state index >= 15 is 0 Å². The van der Waals surface area contributed by atoms with Gasteiger partial charge < -0.3 is 29.9 Å². The summed E-state index contributed by atoms with van der Waals surface area (Å²) in [5.74, 6) is 0.515. The van der Waals surface area contributed by atoms with Gasteiger partial charge in [-0.15, -0.1) is 23.5 Å². The number of nitrogens with zero attached hydrogens (tertiary/aromatic N) is 2. The fraction of sp³-hybridized carbons (Fsp3) is 0.571. The maximum absolute atomic E-state index is 14.3. The Labute approximate surface area is 328 Å². The summed E-state index contributed by atoms with van der Waals surface area (Å²) >= 11 is 3.59. The number of fused-ring (bicyclic) bond motifs is 2. The number of hydrogen-bond acceptors (Lipinski definition) is 8. The Morgan fingerprint density at radius 3 is 1.85 bits per heavy atom. The Kier molecular flexibility index (Phi) is 15.0. The van der Waals surface area contributed by atoms with Crippen molar-refractivity contribution in [2.45, 2.75) is 106 Å². The summed E-state index contributed by atoms with van der Waals surface area (Å²) in [6.45, 7) is 0.960. The molecule has 12 heteroatoms. The first-order valence-corrected chi connectivity index (χ1v) is 21.7. The Morgan fingerprint density at radius 2 is 1.30 bits per heavy atom. The number of methoxy groups -OCH3 is 2.